The van der Waals surface area contributed by atoms with Crippen molar-refractivity contribution in [3.63, 3.8) is 0 Å². The van der Waals surface area contributed by atoms with Gasteiger partial charge in [0.2, 0.25) is 0 Å². The standard InChI is InChI=1S/C7H7B2F6P/c1-3(10)2-4(8,11)6(13,14)5(9,12)7(3,15)16/h2,16H2,1H3. The Balaban J connectivity index is 3.43. The van der Waals surface area contributed by atoms with Crippen molar-refractivity contribution in [3.8, 4) is 0 Å². The van der Waals surface area contributed by atoms with Crippen LogP contribution in [0.3, 0.4) is 0 Å². The first kappa shape index (κ1) is 14.2. The molecule has 5 unspecified atom stereocenters. The first-order valence-electron chi connectivity index (χ1n) is 4.21. The van der Waals surface area contributed by atoms with Gasteiger partial charge in [-0.05, 0) is 6.92 Å². The third-order valence-corrected chi connectivity index (χ3v) is 3.88. The molecule has 0 N–H and O–H groups in total. The molecule has 0 spiro atoms. The van der Waals surface area contributed by atoms with Crippen LogP contribution in [0.15, 0.2) is 0 Å². The largest absolute Gasteiger partial charge is 0.300 e. The number of halogens is 6. The second-order valence-corrected chi connectivity index (χ2v) is 5.03. The van der Waals surface area contributed by atoms with E-state index in [2.05, 4.69) is 15.7 Å². The molecule has 0 aromatic rings. The van der Waals surface area contributed by atoms with Crippen molar-refractivity contribution in [3.05, 3.63) is 0 Å². The van der Waals surface area contributed by atoms with E-state index >= 15 is 0 Å². The highest BCUT2D eigenvalue weighted by atomic mass is 31.0. The fourth-order valence-corrected chi connectivity index (χ4v) is 1.92. The lowest BCUT2D eigenvalue weighted by Crippen LogP contribution is -2.76. The quantitative estimate of drug-likeness (QED) is 0.354. The Labute approximate surface area is 93.5 Å². The molecule has 5 atom stereocenters. The van der Waals surface area contributed by atoms with E-state index < -0.39 is 34.6 Å². The molecule has 88 valence electrons. The highest BCUT2D eigenvalue weighted by Crippen LogP contribution is 2.62. The Bertz CT molecular complexity index is 286. The van der Waals surface area contributed by atoms with Crippen molar-refractivity contribution in [2.75, 3.05) is 0 Å². The summed E-state index contributed by atoms with van der Waals surface area (Å²) in [4.78, 5) is 0. The number of hydrogen-bond acceptors (Lipinski definition) is 0. The normalized spacial score (nSPS) is 57.2. The van der Waals surface area contributed by atoms with Gasteiger partial charge in [0.15, 0.2) is 16.6 Å². The SMILES string of the molecule is [B]C1(F)CC(C)(F)C(F)(P)C([B])(F)C1(F)F. The smallest absolute Gasteiger partial charge is 0.248 e. The average molecular weight is 258 g/mol. The van der Waals surface area contributed by atoms with Crippen LogP contribution in [0.1, 0.15) is 13.3 Å². The second kappa shape index (κ2) is 3.12. The zero-order valence-electron chi connectivity index (χ0n) is 8.21. The van der Waals surface area contributed by atoms with Crippen LogP contribution in [-0.4, -0.2) is 43.8 Å². The zero-order chi connectivity index (χ0) is 13.2. The van der Waals surface area contributed by atoms with E-state index in [1.807, 2.05) is 0 Å². The third-order valence-electron chi connectivity index (χ3n) is 2.86. The predicted octanol–water partition coefficient (Wildman–Crippen LogP) is 1.96. The molecular formula is C7H7B2F6P. The van der Waals surface area contributed by atoms with Crippen LogP contribution >= 0.6 is 9.24 Å². The minimum absolute atomic E-state index is 0.414. The van der Waals surface area contributed by atoms with Crippen LogP contribution in [0.5, 0.6) is 0 Å². The van der Waals surface area contributed by atoms with Crippen molar-refractivity contribution in [2.24, 2.45) is 0 Å². The van der Waals surface area contributed by atoms with Crippen LogP contribution in [0, 0.1) is 0 Å². The summed E-state index contributed by atoms with van der Waals surface area (Å²) in [6.45, 7) is 0.414. The molecule has 0 amide bonds. The minimum atomic E-state index is -5.05. The van der Waals surface area contributed by atoms with Crippen LogP contribution in [-0.2, 0) is 0 Å². The minimum Gasteiger partial charge on any atom is -0.248 e. The summed E-state index contributed by atoms with van der Waals surface area (Å²) in [6.07, 6.45) is -1.71. The molecule has 1 aliphatic carbocycles. The van der Waals surface area contributed by atoms with E-state index in [0.717, 1.165) is 9.24 Å². The molecule has 1 aliphatic rings. The lowest BCUT2D eigenvalue weighted by atomic mass is 9.53. The van der Waals surface area contributed by atoms with Crippen LogP contribution in [0.4, 0.5) is 26.3 Å². The van der Waals surface area contributed by atoms with E-state index in [0.29, 0.717) is 6.92 Å². The maximum atomic E-state index is 13.7. The van der Waals surface area contributed by atoms with Gasteiger partial charge in [0.1, 0.15) is 21.3 Å². The van der Waals surface area contributed by atoms with Crippen LogP contribution < -0.4 is 0 Å². The highest BCUT2D eigenvalue weighted by Gasteiger charge is 2.79. The number of rotatable bonds is 0. The van der Waals surface area contributed by atoms with Gasteiger partial charge in [0.05, 0.1) is 0 Å². The van der Waals surface area contributed by atoms with E-state index in [4.69, 9.17) is 0 Å². The lowest BCUT2D eigenvalue weighted by Gasteiger charge is -2.55. The van der Waals surface area contributed by atoms with E-state index in [1.165, 1.54) is 0 Å². The van der Waals surface area contributed by atoms with Gasteiger partial charge in [-0.15, -0.1) is 0 Å². The summed E-state index contributed by atoms with van der Waals surface area (Å²) >= 11 is 0. The molecule has 0 aromatic carbocycles. The first-order chi connectivity index (χ1) is 6.71. The molecule has 0 saturated heterocycles. The molecular weight excluding hydrogens is 251 g/mol. The van der Waals surface area contributed by atoms with Gasteiger partial charge in [-0.2, -0.15) is 0 Å². The molecule has 0 heterocycles. The van der Waals surface area contributed by atoms with E-state index in [9.17, 15) is 26.3 Å². The van der Waals surface area contributed by atoms with Crippen molar-refractivity contribution in [1.29, 1.82) is 0 Å². The Hall–Kier alpha value is 0.140. The number of alkyl halides is 6. The molecule has 0 aromatic heterocycles. The second-order valence-electron chi connectivity index (χ2n) is 4.23. The van der Waals surface area contributed by atoms with Crippen molar-refractivity contribution >= 4 is 24.9 Å². The monoisotopic (exact) mass is 258 g/mol. The Kier molecular flexibility index (Phi) is 2.77. The Morgan fingerprint density at radius 1 is 1.00 bits per heavy atom. The first-order valence-corrected chi connectivity index (χ1v) is 4.78. The van der Waals surface area contributed by atoms with Gasteiger partial charge in [0.25, 0.3) is 0 Å². The van der Waals surface area contributed by atoms with Gasteiger partial charge in [-0.25, -0.2) is 26.3 Å². The van der Waals surface area contributed by atoms with Gasteiger partial charge in [0, 0.05) is 6.42 Å². The molecule has 1 saturated carbocycles. The predicted molar refractivity (Wildman–Crippen MR) is 51.8 cm³/mol. The molecule has 0 nitrogen and oxygen atoms in total. The zero-order valence-corrected chi connectivity index (χ0v) is 9.36. The summed E-state index contributed by atoms with van der Waals surface area (Å²) in [5.74, 6) is -5.05. The molecule has 4 radical (unpaired) electrons. The maximum absolute atomic E-state index is 13.7. The number of hydrogen-bond donors (Lipinski definition) is 0. The summed E-state index contributed by atoms with van der Waals surface area (Å²) in [5.41, 5.74) is -11.9. The molecule has 1 rings (SSSR count). The Morgan fingerprint density at radius 2 is 1.38 bits per heavy atom. The van der Waals surface area contributed by atoms with Crippen molar-refractivity contribution in [2.45, 2.75) is 41.5 Å². The molecule has 0 aliphatic heterocycles. The summed E-state index contributed by atoms with van der Waals surface area (Å²) < 4.78 is 80.4. The topological polar surface area (TPSA) is 0 Å². The van der Waals surface area contributed by atoms with Gasteiger partial charge in [-0.1, -0.05) is 9.24 Å². The van der Waals surface area contributed by atoms with Gasteiger partial charge < -0.3 is 0 Å². The van der Waals surface area contributed by atoms with Crippen molar-refractivity contribution in [1.82, 2.24) is 0 Å². The maximum Gasteiger partial charge on any atom is 0.300 e. The summed E-state index contributed by atoms with van der Waals surface area (Å²) in [7, 11) is 9.82. The van der Waals surface area contributed by atoms with Crippen molar-refractivity contribution < 1.29 is 26.3 Å². The van der Waals surface area contributed by atoms with E-state index in [-0.39, 0.29) is 0 Å². The average Bonchev–Trinajstić information content (AvgIpc) is 1.98. The van der Waals surface area contributed by atoms with Crippen LogP contribution in [0.25, 0.3) is 0 Å². The fourth-order valence-electron chi connectivity index (χ4n) is 1.63. The van der Waals surface area contributed by atoms with Gasteiger partial charge in [-0.3, -0.25) is 0 Å². The molecule has 1 fully saturated rings. The summed E-state index contributed by atoms with van der Waals surface area (Å²) in [5, 5.41) is -3.85. The van der Waals surface area contributed by atoms with E-state index in [1.54, 1.807) is 0 Å². The molecule has 9 heteroatoms. The molecule has 0 bridgehead atoms. The Morgan fingerprint density at radius 3 is 1.75 bits per heavy atom. The summed E-state index contributed by atoms with van der Waals surface area (Å²) in [6, 6.07) is 0. The third kappa shape index (κ3) is 1.37. The van der Waals surface area contributed by atoms with Crippen LogP contribution in [0.2, 0.25) is 0 Å². The highest BCUT2D eigenvalue weighted by molar-refractivity contribution is 7.19. The lowest BCUT2D eigenvalue weighted by molar-refractivity contribution is -0.251. The van der Waals surface area contributed by atoms with Gasteiger partial charge >= 0.3 is 5.92 Å². The fraction of sp³-hybridized carbons (Fsp3) is 1.00. The molecule has 16 heavy (non-hydrogen) atoms.